The molecule has 0 fully saturated rings. The molecule has 27 heavy (non-hydrogen) atoms. The summed E-state index contributed by atoms with van der Waals surface area (Å²) in [5.74, 6) is 0.373. The first-order valence-corrected chi connectivity index (χ1v) is 10.1. The minimum absolute atomic E-state index is 0.202. The van der Waals surface area contributed by atoms with Gasteiger partial charge in [0.2, 0.25) is 0 Å². The first-order valence-electron chi connectivity index (χ1n) is 8.44. The fraction of sp³-hybridized carbons (Fsp3) is 0.333. The summed E-state index contributed by atoms with van der Waals surface area (Å²) in [7, 11) is -1.59. The Morgan fingerprint density at radius 3 is 2.67 bits per heavy atom. The van der Waals surface area contributed by atoms with Gasteiger partial charge in [-0.15, -0.1) is 0 Å². The Morgan fingerprint density at radius 1 is 1.26 bits per heavy atom. The second-order valence-electron chi connectivity index (χ2n) is 6.32. The Bertz CT molecular complexity index is 1050. The standard InChI is InChI=1S/C18H22N4O4S/c1-12-8-15(27(24,25)7-6-23)4-5-17(12)19-10-14-9-18(21-26-14)16-11-20-22(3)13(16)2/h4-5,8-9,11,19,23H,6-7,10H2,1-3H3. The molecule has 0 radical (unpaired) electrons. The fourth-order valence-electron chi connectivity index (χ4n) is 2.72. The molecule has 8 nitrogen and oxygen atoms in total. The third-order valence-corrected chi connectivity index (χ3v) is 6.13. The highest BCUT2D eigenvalue weighted by atomic mass is 32.2. The van der Waals surface area contributed by atoms with E-state index in [9.17, 15) is 8.42 Å². The van der Waals surface area contributed by atoms with Crippen LogP contribution < -0.4 is 5.32 Å². The van der Waals surface area contributed by atoms with Crippen molar-refractivity contribution in [1.82, 2.24) is 14.9 Å². The minimum atomic E-state index is -3.46. The fourth-order valence-corrected chi connectivity index (χ4v) is 3.83. The lowest BCUT2D eigenvalue weighted by molar-refractivity contribution is 0.319. The molecule has 3 rings (SSSR count). The molecule has 9 heteroatoms. The monoisotopic (exact) mass is 390 g/mol. The molecule has 144 valence electrons. The van der Waals surface area contributed by atoms with Crippen LogP contribution in [0.3, 0.4) is 0 Å². The highest BCUT2D eigenvalue weighted by molar-refractivity contribution is 7.91. The van der Waals surface area contributed by atoms with Crippen LogP contribution in [0.15, 0.2) is 39.9 Å². The van der Waals surface area contributed by atoms with Crippen LogP contribution in [0.4, 0.5) is 5.69 Å². The Balaban J connectivity index is 1.71. The zero-order chi connectivity index (χ0) is 19.6. The van der Waals surface area contributed by atoms with E-state index in [0.717, 1.165) is 28.2 Å². The summed E-state index contributed by atoms with van der Waals surface area (Å²) < 4.78 is 31.2. The summed E-state index contributed by atoms with van der Waals surface area (Å²) in [6.07, 6.45) is 1.75. The number of hydrogen-bond donors (Lipinski definition) is 2. The molecule has 3 aromatic rings. The number of aromatic nitrogens is 3. The van der Waals surface area contributed by atoms with Gasteiger partial charge in [-0.05, 0) is 37.6 Å². The van der Waals surface area contributed by atoms with Crippen molar-refractivity contribution in [1.29, 1.82) is 0 Å². The Labute approximate surface area is 157 Å². The lowest BCUT2D eigenvalue weighted by Crippen LogP contribution is -2.10. The largest absolute Gasteiger partial charge is 0.395 e. The van der Waals surface area contributed by atoms with Crippen LogP contribution >= 0.6 is 0 Å². The topological polar surface area (TPSA) is 110 Å². The van der Waals surface area contributed by atoms with E-state index in [1.807, 2.05) is 27.0 Å². The number of aliphatic hydroxyl groups is 1. The quantitative estimate of drug-likeness (QED) is 0.635. The van der Waals surface area contributed by atoms with E-state index in [4.69, 9.17) is 9.63 Å². The normalized spacial score (nSPS) is 11.7. The van der Waals surface area contributed by atoms with Crippen molar-refractivity contribution in [2.75, 3.05) is 17.7 Å². The van der Waals surface area contributed by atoms with Crippen LogP contribution in [0, 0.1) is 13.8 Å². The van der Waals surface area contributed by atoms with Gasteiger partial charge in [0.05, 0.1) is 30.0 Å². The Hall–Kier alpha value is -2.65. The lowest BCUT2D eigenvalue weighted by Gasteiger charge is -2.10. The number of aliphatic hydroxyl groups excluding tert-OH is 1. The third kappa shape index (κ3) is 4.04. The van der Waals surface area contributed by atoms with Gasteiger partial charge in [0, 0.05) is 30.1 Å². The molecular weight excluding hydrogens is 368 g/mol. The molecule has 0 saturated heterocycles. The van der Waals surface area contributed by atoms with Crippen molar-refractivity contribution >= 4 is 15.5 Å². The van der Waals surface area contributed by atoms with Crippen LogP contribution in [0.2, 0.25) is 0 Å². The van der Waals surface area contributed by atoms with Crippen LogP contribution in [0.25, 0.3) is 11.3 Å². The Kier molecular flexibility index (Phi) is 5.33. The molecule has 0 unspecified atom stereocenters. The summed E-state index contributed by atoms with van der Waals surface area (Å²) in [6.45, 7) is 3.80. The molecule has 0 aliphatic heterocycles. The van der Waals surface area contributed by atoms with Gasteiger partial charge in [-0.3, -0.25) is 4.68 Å². The number of aryl methyl sites for hydroxylation is 2. The molecule has 0 saturated carbocycles. The maximum atomic E-state index is 12.0. The number of benzene rings is 1. The smallest absolute Gasteiger partial charge is 0.180 e. The second-order valence-corrected chi connectivity index (χ2v) is 8.43. The van der Waals surface area contributed by atoms with E-state index in [2.05, 4.69) is 15.6 Å². The molecular formula is C18H22N4O4S. The predicted molar refractivity (Wildman–Crippen MR) is 101 cm³/mol. The maximum Gasteiger partial charge on any atom is 0.180 e. The van der Waals surface area contributed by atoms with E-state index in [1.54, 1.807) is 23.0 Å². The third-order valence-electron chi connectivity index (χ3n) is 4.44. The molecule has 2 heterocycles. The van der Waals surface area contributed by atoms with E-state index < -0.39 is 16.4 Å². The van der Waals surface area contributed by atoms with Gasteiger partial charge in [0.25, 0.3) is 0 Å². The Morgan fingerprint density at radius 2 is 2.04 bits per heavy atom. The van der Waals surface area contributed by atoms with Crippen molar-refractivity contribution in [3.63, 3.8) is 0 Å². The first kappa shape index (κ1) is 19.1. The van der Waals surface area contributed by atoms with Gasteiger partial charge in [-0.1, -0.05) is 5.16 Å². The van der Waals surface area contributed by atoms with Crippen LogP contribution in [-0.4, -0.2) is 40.8 Å². The number of nitrogens with zero attached hydrogens (tertiary/aromatic N) is 3. The van der Waals surface area contributed by atoms with Gasteiger partial charge in [-0.25, -0.2) is 8.42 Å². The summed E-state index contributed by atoms with van der Waals surface area (Å²) in [5, 5.41) is 20.4. The molecule has 0 amide bonds. The molecule has 2 N–H and O–H groups in total. The van der Waals surface area contributed by atoms with E-state index in [1.165, 1.54) is 6.07 Å². The molecule has 0 aliphatic carbocycles. The van der Waals surface area contributed by atoms with E-state index >= 15 is 0 Å². The van der Waals surface area contributed by atoms with Gasteiger partial charge >= 0.3 is 0 Å². The van der Waals surface area contributed by atoms with E-state index in [0.29, 0.717) is 12.3 Å². The number of hydrogen-bond acceptors (Lipinski definition) is 7. The van der Waals surface area contributed by atoms with Gasteiger partial charge in [-0.2, -0.15) is 5.10 Å². The van der Waals surface area contributed by atoms with Crippen molar-refractivity contribution < 1.29 is 18.0 Å². The van der Waals surface area contributed by atoms with Crippen molar-refractivity contribution in [2.24, 2.45) is 7.05 Å². The van der Waals surface area contributed by atoms with Gasteiger partial charge in [0.15, 0.2) is 15.6 Å². The molecule has 0 bridgehead atoms. The first-order chi connectivity index (χ1) is 12.8. The molecule has 1 aromatic carbocycles. The highest BCUT2D eigenvalue weighted by Crippen LogP contribution is 2.24. The number of rotatable bonds is 7. The molecule has 0 atom stereocenters. The summed E-state index contributed by atoms with van der Waals surface area (Å²) in [4.78, 5) is 0.202. The average molecular weight is 390 g/mol. The number of anilines is 1. The zero-order valence-electron chi connectivity index (χ0n) is 15.4. The van der Waals surface area contributed by atoms with Crippen LogP contribution in [0.1, 0.15) is 17.0 Å². The summed E-state index contributed by atoms with van der Waals surface area (Å²) >= 11 is 0. The van der Waals surface area contributed by atoms with Gasteiger partial charge in [0.1, 0.15) is 5.69 Å². The molecule has 0 aliphatic rings. The number of sulfone groups is 1. The van der Waals surface area contributed by atoms with Gasteiger partial charge < -0.3 is 14.9 Å². The summed E-state index contributed by atoms with van der Waals surface area (Å²) in [5.41, 5.74) is 4.23. The van der Waals surface area contributed by atoms with E-state index in [-0.39, 0.29) is 10.6 Å². The van der Waals surface area contributed by atoms with Crippen LogP contribution in [0.5, 0.6) is 0 Å². The highest BCUT2D eigenvalue weighted by Gasteiger charge is 2.15. The second kappa shape index (κ2) is 7.53. The lowest BCUT2D eigenvalue weighted by atomic mass is 10.2. The van der Waals surface area contributed by atoms with Crippen molar-refractivity contribution in [2.45, 2.75) is 25.3 Å². The predicted octanol–water partition coefficient (Wildman–Crippen LogP) is 2.07. The van der Waals surface area contributed by atoms with Crippen LogP contribution in [-0.2, 0) is 23.4 Å². The van der Waals surface area contributed by atoms with Crippen molar-refractivity contribution in [3.05, 3.63) is 47.5 Å². The molecule has 0 spiro atoms. The average Bonchev–Trinajstić information content (AvgIpc) is 3.21. The number of nitrogens with one attached hydrogen (secondary N) is 1. The minimum Gasteiger partial charge on any atom is -0.395 e. The molecule has 2 aromatic heterocycles. The maximum absolute atomic E-state index is 12.0. The summed E-state index contributed by atoms with van der Waals surface area (Å²) in [6, 6.07) is 6.69. The zero-order valence-corrected chi connectivity index (χ0v) is 16.2. The van der Waals surface area contributed by atoms with Crippen molar-refractivity contribution in [3.8, 4) is 11.3 Å². The SMILES string of the molecule is Cc1cc(S(=O)(=O)CCO)ccc1NCc1cc(-c2cnn(C)c2C)no1.